The molecule has 0 radical (unpaired) electrons. The van der Waals surface area contributed by atoms with E-state index in [1.807, 2.05) is 29.6 Å². The summed E-state index contributed by atoms with van der Waals surface area (Å²) < 4.78 is 13.7. The largest absolute Gasteiger partial charge is 0.455 e. The molecule has 2 aliphatic rings. The van der Waals surface area contributed by atoms with Crippen LogP contribution in [0.3, 0.4) is 0 Å². The van der Waals surface area contributed by atoms with E-state index in [1.165, 1.54) is 29.9 Å². The molecule has 8 heteroatoms. The summed E-state index contributed by atoms with van der Waals surface area (Å²) in [5.74, 6) is 4.39. The zero-order valence-electron chi connectivity index (χ0n) is 26.2. The number of thioether (sulfide) groups is 4. The predicted octanol–water partition coefficient (Wildman–Crippen LogP) is 10.3. The van der Waals surface area contributed by atoms with Crippen molar-refractivity contribution in [3.05, 3.63) is 60.7 Å². The van der Waals surface area contributed by atoms with Crippen LogP contribution in [0, 0.1) is 0 Å². The van der Waals surface area contributed by atoms with Gasteiger partial charge in [-0.3, -0.25) is 4.79 Å². The number of hydrogen-bond donors (Lipinski definition) is 0. The number of benzene rings is 1. The Balaban J connectivity index is 2.09. The zero-order chi connectivity index (χ0) is 30.2. The lowest BCUT2D eigenvalue weighted by Gasteiger charge is -2.48. The molecule has 2 fully saturated rings. The number of carbonyl (C=O) groups is 1. The Bertz CT molecular complexity index is 1010. The Labute approximate surface area is 268 Å². The van der Waals surface area contributed by atoms with Crippen molar-refractivity contribution in [3.63, 3.8) is 0 Å². The molecule has 1 aromatic carbocycles. The molecule has 230 valence electrons. The van der Waals surface area contributed by atoms with Crippen LogP contribution in [0.15, 0.2) is 49.6 Å². The van der Waals surface area contributed by atoms with Gasteiger partial charge in [-0.25, -0.2) is 0 Å². The van der Waals surface area contributed by atoms with Gasteiger partial charge in [0.15, 0.2) is 14.4 Å². The van der Waals surface area contributed by atoms with Crippen LogP contribution in [0.1, 0.15) is 83.5 Å². The van der Waals surface area contributed by atoms with Gasteiger partial charge in [-0.15, -0.1) is 60.2 Å². The van der Waals surface area contributed by atoms with Gasteiger partial charge in [-0.2, -0.15) is 0 Å². The van der Waals surface area contributed by atoms with Crippen LogP contribution in [0.4, 0.5) is 0 Å². The normalized spacial score (nSPS) is 20.5. The maximum atomic E-state index is 13.3. The Morgan fingerprint density at radius 1 is 1.00 bits per heavy atom. The number of carbonyl (C=O) groups excluding carboxylic acids is 1. The lowest BCUT2D eigenvalue weighted by Crippen LogP contribution is -2.48. The van der Waals surface area contributed by atoms with Gasteiger partial charge in [0.25, 0.3) is 0 Å². The molecule has 0 aliphatic carbocycles. The highest BCUT2D eigenvalue weighted by molar-refractivity contribution is 8.19. The summed E-state index contributed by atoms with van der Waals surface area (Å²) >= 11 is 8.18. The molecule has 2 saturated heterocycles. The Kier molecular flexibility index (Phi) is 13.4. The second-order valence-corrected chi connectivity index (χ2v) is 24.2. The van der Waals surface area contributed by atoms with Gasteiger partial charge in [0.1, 0.15) is 4.08 Å². The zero-order valence-corrected chi connectivity index (χ0v) is 30.4. The Morgan fingerprint density at radius 3 is 2.20 bits per heavy atom. The van der Waals surface area contributed by atoms with Crippen molar-refractivity contribution in [1.29, 1.82) is 0 Å². The minimum Gasteiger partial charge on any atom is -0.455 e. The highest BCUT2D eigenvalue weighted by Crippen LogP contribution is 2.57. The van der Waals surface area contributed by atoms with E-state index >= 15 is 0 Å². The predicted molar refractivity (Wildman–Crippen MR) is 190 cm³/mol. The summed E-state index contributed by atoms with van der Waals surface area (Å²) in [4.78, 5) is 13.3. The van der Waals surface area contributed by atoms with Crippen LogP contribution >= 0.6 is 47.0 Å². The molecule has 41 heavy (non-hydrogen) atoms. The number of rotatable bonds is 14. The molecular weight excluding hydrogens is 601 g/mol. The van der Waals surface area contributed by atoms with Crippen molar-refractivity contribution in [2.45, 2.75) is 111 Å². The van der Waals surface area contributed by atoms with Crippen LogP contribution in [0.2, 0.25) is 18.1 Å². The molecular formula is C33H52O3S4Si. The van der Waals surface area contributed by atoms with Crippen LogP contribution in [0.5, 0.6) is 0 Å². The van der Waals surface area contributed by atoms with Gasteiger partial charge in [0, 0.05) is 18.9 Å². The molecule has 2 atom stereocenters. The molecule has 0 aromatic heterocycles. The van der Waals surface area contributed by atoms with Gasteiger partial charge in [0.05, 0.1) is 4.08 Å². The summed E-state index contributed by atoms with van der Waals surface area (Å²) in [6, 6.07) is 8.49. The number of hydrogen-bond acceptors (Lipinski definition) is 7. The van der Waals surface area contributed by atoms with Gasteiger partial charge in [-0.05, 0) is 91.3 Å². The van der Waals surface area contributed by atoms with E-state index in [4.69, 9.17) is 9.16 Å². The van der Waals surface area contributed by atoms with E-state index in [1.54, 1.807) is 6.08 Å². The third-order valence-electron chi connectivity index (χ3n) is 8.37. The van der Waals surface area contributed by atoms with Gasteiger partial charge < -0.3 is 9.16 Å². The first-order valence-electron chi connectivity index (χ1n) is 15.1. The second-order valence-electron chi connectivity index (χ2n) is 12.8. The van der Waals surface area contributed by atoms with Gasteiger partial charge in [0.2, 0.25) is 0 Å². The van der Waals surface area contributed by atoms with Crippen LogP contribution in [0.25, 0.3) is 0 Å². The maximum Gasteiger partial charge on any atom is 0.306 e. The van der Waals surface area contributed by atoms with Crippen molar-refractivity contribution in [2.75, 3.05) is 23.0 Å². The molecule has 0 N–H and O–H groups in total. The smallest absolute Gasteiger partial charge is 0.306 e. The average molecular weight is 653 g/mol. The SMILES string of the molecule is C=CCCC(=O)OC(c1ccccc1CC=C)C1(C[C@@H](CC2(C)SCCCS2)O[Si](C)(C)C(C)(C)C)SCCCS1. The van der Waals surface area contributed by atoms with E-state index in [0.29, 0.717) is 12.8 Å². The molecule has 2 aliphatic heterocycles. The highest BCUT2D eigenvalue weighted by atomic mass is 32.2. The molecule has 3 nitrogen and oxygen atoms in total. The summed E-state index contributed by atoms with van der Waals surface area (Å²) in [7, 11) is -2.06. The van der Waals surface area contributed by atoms with Gasteiger partial charge >= 0.3 is 5.97 Å². The monoisotopic (exact) mass is 652 g/mol. The fourth-order valence-electron chi connectivity index (χ4n) is 5.17. The van der Waals surface area contributed by atoms with E-state index in [-0.39, 0.29) is 31.4 Å². The summed E-state index contributed by atoms with van der Waals surface area (Å²) in [5, 5.41) is 0.117. The molecule has 1 unspecified atom stereocenters. The fourth-order valence-corrected chi connectivity index (χ4v) is 13.1. The van der Waals surface area contributed by atoms with E-state index in [0.717, 1.165) is 36.3 Å². The summed E-state index contributed by atoms with van der Waals surface area (Å²) in [5.41, 5.74) is 2.29. The van der Waals surface area contributed by atoms with Crippen LogP contribution in [-0.4, -0.2) is 51.6 Å². The van der Waals surface area contributed by atoms with Crippen molar-refractivity contribution >= 4 is 61.3 Å². The van der Waals surface area contributed by atoms with E-state index in [2.05, 4.69) is 102 Å². The van der Waals surface area contributed by atoms with E-state index < -0.39 is 8.32 Å². The molecule has 1 aromatic rings. The number of allylic oxidation sites excluding steroid dienone is 2. The first kappa shape index (κ1) is 35.2. The standard InChI is InChI=1S/C33H52O3S4Si/c1-9-11-19-29(34)35-30(28-18-13-12-17-26(28)16-10-2)33(39-22-15-23-40-33)25-27(36-41(7,8)31(3,4)5)24-32(6)37-20-14-21-38-32/h9-10,12-13,17-18,27,30H,1-2,11,14-16,19-25H2,3-8H3/t27-,30?/m1/s1. The van der Waals surface area contributed by atoms with Crippen LogP contribution < -0.4 is 0 Å². The topological polar surface area (TPSA) is 35.5 Å². The Hall–Kier alpha value is -0.253. The molecule has 0 saturated carbocycles. The molecule has 0 spiro atoms. The number of esters is 1. The van der Waals surface area contributed by atoms with Crippen molar-refractivity contribution in [1.82, 2.24) is 0 Å². The average Bonchev–Trinajstić information content (AvgIpc) is 2.91. The fraction of sp³-hybridized carbons (Fsp3) is 0.667. The first-order valence-corrected chi connectivity index (χ1v) is 21.9. The van der Waals surface area contributed by atoms with Gasteiger partial charge in [-0.1, -0.05) is 57.2 Å². The molecule has 0 bridgehead atoms. The van der Waals surface area contributed by atoms with Crippen molar-refractivity contribution < 1.29 is 14.0 Å². The lowest BCUT2D eigenvalue weighted by atomic mass is 9.94. The number of ether oxygens (including phenoxy) is 1. The molecule has 0 amide bonds. The maximum absolute atomic E-state index is 13.3. The molecule has 3 rings (SSSR count). The van der Waals surface area contributed by atoms with Crippen molar-refractivity contribution in [2.24, 2.45) is 0 Å². The van der Waals surface area contributed by atoms with Crippen LogP contribution in [-0.2, 0) is 20.4 Å². The second kappa shape index (κ2) is 15.7. The third kappa shape index (κ3) is 9.87. The lowest BCUT2D eigenvalue weighted by molar-refractivity contribution is -0.150. The van der Waals surface area contributed by atoms with E-state index in [9.17, 15) is 4.79 Å². The molecule has 2 heterocycles. The minimum absolute atomic E-state index is 0.0815. The van der Waals surface area contributed by atoms with Crippen molar-refractivity contribution in [3.8, 4) is 0 Å². The summed E-state index contributed by atoms with van der Waals surface area (Å²) in [6.45, 7) is 22.0. The highest BCUT2D eigenvalue weighted by Gasteiger charge is 2.50. The quantitative estimate of drug-likeness (QED) is 0.112. The summed E-state index contributed by atoms with van der Waals surface area (Å²) in [6.07, 6.45) is 9.48. The first-order chi connectivity index (χ1) is 19.3. The minimum atomic E-state index is -2.06. The Morgan fingerprint density at radius 2 is 1.61 bits per heavy atom. The third-order valence-corrected chi connectivity index (χ3v) is 19.6.